The van der Waals surface area contributed by atoms with E-state index in [0.29, 0.717) is 0 Å². The second kappa shape index (κ2) is 10.2. The third-order valence-electron chi connectivity index (χ3n) is 3.99. The molecular formula is C16H34. The molecule has 0 bridgehead atoms. The average molecular weight is 226 g/mol. The number of unbranched alkanes of at least 4 members (excludes halogenated alkanes) is 4. The summed E-state index contributed by atoms with van der Waals surface area (Å²) in [5.74, 6) is 2.76. The van der Waals surface area contributed by atoms with E-state index in [2.05, 4.69) is 34.6 Å². The van der Waals surface area contributed by atoms with Crippen LogP contribution >= 0.6 is 0 Å². The third-order valence-corrected chi connectivity index (χ3v) is 3.99. The predicted molar refractivity (Wildman–Crippen MR) is 75.8 cm³/mol. The van der Waals surface area contributed by atoms with Crippen LogP contribution in [0.15, 0.2) is 0 Å². The van der Waals surface area contributed by atoms with Crippen molar-refractivity contribution in [3.63, 3.8) is 0 Å². The number of hydrogen-bond donors (Lipinski definition) is 0. The number of hydrogen-bond acceptors (Lipinski definition) is 0. The maximum Gasteiger partial charge on any atom is -0.0365 e. The van der Waals surface area contributed by atoms with Gasteiger partial charge in [0.25, 0.3) is 0 Å². The van der Waals surface area contributed by atoms with Gasteiger partial charge >= 0.3 is 0 Å². The lowest BCUT2D eigenvalue weighted by atomic mass is 9.78. The van der Waals surface area contributed by atoms with Gasteiger partial charge in [-0.2, -0.15) is 0 Å². The quantitative estimate of drug-likeness (QED) is 0.397. The lowest BCUT2D eigenvalue weighted by Crippen LogP contribution is -2.18. The minimum atomic E-state index is 0.868. The van der Waals surface area contributed by atoms with Crippen molar-refractivity contribution in [2.75, 3.05) is 0 Å². The van der Waals surface area contributed by atoms with E-state index in [4.69, 9.17) is 0 Å². The smallest absolute Gasteiger partial charge is 0.0365 e. The predicted octanol–water partition coefficient (Wildman–Crippen LogP) is 6.06. The molecule has 0 radical (unpaired) electrons. The van der Waals surface area contributed by atoms with E-state index in [0.717, 1.165) is 17.8 Å². The van der Waals surface area contributed by atoms with Gasteiger partial charge in [0.1, 0.15) is 0 Å². The van der Waals surface area contributed by atoms with Gasteiger partial charge in [0, 0.05) is 0 Å². The van der Waals surface area contributed by atoms with Gasteiger partial charge in [-0.25, -0.2) is 0 Å². The summed E-state index contributed by atoms with van der Waals surface area (Å²) in [5, 5.41) is 0. The fourth-order valence-corrected chi connectivity index (χ4v) is 2.82. The summed E-state index contributed by atoms with van der Waals surface area (Å²) in [7, 11) is 0. The molecule has 0 aromatic carbocycles. The van der Waals surface area contributed by atoms with Crippen LogP contribution in [0, 0.1) is 17.8 Å². The Morgan fingerprint density at radius 3 is 1.81 bits per heavy atom. The van der Waals surface area contributed by atoms with Crippen LogP contribution in [0.3, 0.4) is 0 Å². The molecule has 2 atom stereocenters. The molecule has 16 heavy (non-hydrogen) atoms. The summed E-state index contributed by atoms with van der Waals surface area (Å²) in [5.41, 5.74) is 0. The maximum atomic E-state index is 2.48. The van der Waals surface area contributed by atoms with E-state index in [9.17, 15) is 0 Å². The lowest BCUT2D eigenvalue weighted by Gasteiger charge is -2.27. The summed E-state index contributed by atoms with van der Waals surface area (Å²) in [4.78, 5) is 0. The molecule has 0 rings (SSSR count). The van der Waals surface area contributed by atoms with E-state index in [1.807, 2.05) is 0 Å². The van der Waals surface area contributed by atoms with E-state index in [1.165, 1.54) is 51.4 Å². The molecule has 98 valence electrons. The van der Waals surface area contributed by atoms with Gasteiger partial charge in [0.15, 0.2) is 0 Å². The van der Waals surface area contributed by atoms with Gasteiger partial charge in [-0.1, -0.05) is 79.6 Å². The van der Waals surface area contributed by atoms with Crippen molar-refractivity contribution in [3.8, 4) is 0 Å². The molecule has 0 saturated carbocycles. The van der Waals surface area contributed by atoms with Crippen molar-refractivity contribution in [1.82, 2.24) is 0 Å². The molecule has 0 aliphatic carbocycles. The fraction of sp³-hybridized carbons (Fsp3) is 1.00. The molecule has 0 amide bonds. The van der Waals surface area contributed by atoms with E-state index in [1.54, 1.807) is 0 Å². The molecule has 0 aromatic rings. The first-order chi connectivity index (χ1) is 7.63. The van der Waals surface area contributed by atoms with Crippen molar-refractivity contribution in [3.05, 3.63) is 0 Å². The molecule has 0 nitrogen and oxygen atoms in total. The van der Waals surface area contributed by atoms with Crippen molar-refractivity contribution in [2.45, 2.75) is 86.0 Å². The Labute approximate surface area is 104 Å². The van der Waals surface area contributed by atoms with Gasteiger partial charge in [-0.05, 0) is 24.2 Å². The van der Waals surface area contributed by atoms with Gasteiger partial charge in [-0.3, -0.25) is 0 Å². The molecule has 2 unspecified atom stereocenters. The van der Waals surface area contributed by atoms with Crippen molar-refractivity contribution >= 4 is 0 Å². The van der Waals surface area contributed by atoms with Gasteiger partial charge in [0.2, 0.25) is 0 Å². The van der Waals surface area contributed by atoms with Crippen molar-refractivity contribution in [1.29, 1.82) is 0 Å². The van der Waals surface area contributed by atoms with Crippen LogP contribution in [0.4, 0.5) is 0 Å². The SMILES string of the molecule is CCCCCCC(C)C(CCCC)C(C)C. The van der Waals surface area contributed by atoms with E-state index >= 15 is 0 Å². The number of rotatable bonds is 10. The summed E-state index contributed by atoms with van der Waals surface area (Å²) in [6.45, 7) is 11.9. The molecule has 0 spiro atoms. The Balaban J connectivity index is 3.82. The highest BCUT2D eigenvalue weighted by atomic mass is 14.2. The second-order valence-electron chi connectivity index (χ2n) is 5.88. The van der Waals surface area contributed by atoms with Crippen LogP contribution in [0.25, 0.3) is 0 Å². The maximum absolute atomic E-state index is 2.48. The highest BCUT2D eigenvalue weighted by Crippen LogP contribution is 2.29. The summed E-state index contributed by atoms with van der Waals surface area (Å²) < 4.78 is 0. The largest absolute Gasteiger partial charge is 0.0654 e. The highest BCUT2D eigenvalue weighted by Gasteiger charge is 2.19. The van der Waals surface area contributed by atoms with E-state index < -0.39 is 0 Å². The molecule has 0 saturated heterocycles. The summed E-state index contributed by atoms with van der Waals surface area (Å²) in [6, 6.07) is 0. The Hall–Kier alpha value is 0. The van der Waals surface area contributed by atoms with Crippen LogP contribution in [0.2, 0.25) is 0 Å². The zero-order valence-corrected chi connectivity index (χ0v) is 12.4. The molecule has 0 aliphatic heterocycles. The Morgan fingerprint density at radius 1 is 0.688 bits per heavy atom. The van der Waals surface area contributed by atoms with Crippen molar-refractivity contribution in [2.24, 2.45) is 17.8 Å². The Morgan fingerprint density at radius 2 is 1.31 bits per heavy atom. The standard InChI is InChI=1S/C16H34/c1-6-8-10-11-12-15(5)16(14(3)4)13-9-7-2/h14-16H,6-13H2,1-5H3. The highest BCUT2D eigenvalue weighted by molar-refractivity contribution is 4.70. The van der Waals surface area contributed by atoms with Crippen LogP contribution in [-0.2, 0) is 0 Å². The van der Waals surface area contributed by atoms with Crippen LogP contribution in [0.5, 0.6) is 0 Å². The third kappa shape index (κ3) is 7.30. The second-order valence-corrected chi connectivity index (χ2v) is 5.88. The minimum Gasteiger partial charge on any atom is -0.0654 e. The lowest BCUT2D eigenvalue weighted by molar-refractivity contribution is 0.231. The van der Waals surface area contributed by atoms with E-state index in [-0.39, 0.29) is 0 Å². The van der Waals surface area contributed by atoms with Crippen molar-refractivity contribution < 1.29 is 0 Å². The molecule has 0 aliphatic rings. The minimum absolute atomic E-state index is 0.868. The summed E-state index contributed by atoms with van der Waals surface area (Å²) in [6.07, 6.45) is 11.3. The van der Waals surface area contributed by atoms with Crippen LogP contribution < -0.4 is 0 Å². The molecule has 0 heterocycles. The molecule has 0 heteroatoms. The topological polar surface area (TPSA) is 0 Å². The first-order valence-electron chi connectivity index (χ1n) is 7.63. The normalized spacial score (nSPS) is 15.4. The first kappa shape index (κ1) is 16.0. The zero-order valence-electron chi connectivity index (χ0n) is 12.4. The average Bonchev–Trinajstić information content (AvgIpc) is 2.24. The molecule has 0 N–H and O–H groups in total. The zero-order chi connectivity index (χ0) is 12.4. The molecule has 0 aromatic heterocycles. The van der Waals surface area contributed by atoms with Gasteiger partial charge in [-0.15, -0.1) is 0 Å². The Kier molecular flexibility index (Phi) is 10.2. The first-order valence-corrected chi connectivity index (χ1v) is 7.63. The van der Waals surface area contributed by atoms with Crippen LogP contribution in [-0.4, -0.2) is 0 Å². The summed E-state index contributed by atoms with van der Waals surface area (Å²) >= 11 is 0. The molecule has 0 fully saturated rings. The van der Waals surface area contributed by atoms with Crippen LogP contribution in [0.1, 0.15) is 86.0 Å². The Bertz CT molecular complexity index is 137. The fourth-order valence-electron chi connectivity index (χ4n) is 2.82. The van der Waals surface area contributed by atoms with Gasteiger partial charge < -0.3 is 0 Å². The molecular weight excluding hydrogens is 192 g/mol. The monoisotopic (exact) mass is 226 g/mol. The van der Waals surface area contributed by atoms with Gasteiger partial charge in [0.05, 0.1) is 0 Å².